The highest BCUT2D eigenvalue weighted by Crippen LogP contribution is 2.08. The van der Waals surface area contributed by atoms with Gasteiger partial charge in [-0.1, -0.05) is 18.1 Å². The zero-order valence-electron chi connectivity index (χ0n) is 7.20. The highest BCUT2D eigenvalue weighted by molar-refractivity contribution is 6.43. The molecule has 0 saturated carbocycles. The van der Waals surface area contributed by atoms with Gasteiger partial charge in [0.2, 0.25) is 5.78 Å². The second-order valence-electron chi connectivity index (χ2n) is 2.58. The van der Waals surface area contributed by atoms with Crippen LogP contribution in [-0.2, 0) is 4.79 Å². The fourth-order valence-electron chi connectivity index (χ4n) is 0.997. The molecule has 0 bridgehead atoms. The third-order valence-corrected chi connectivity index (χ3v) is 1.65. The Bertz CT molecular complexity index is 397. The van der Waals surface area contributed by atoms with Crippen molar-refractivity contribution in [3.63, 3.8) is 0 Å². The Kier molecular flexibility index (Phi) is 2.61. The zero-order chi connectivity index (χ0) is 9.84. The van der Waals surface area contributed by atoms with Gasteiger partial charge in [-0.15, -0.1) is 6.42 Å². The van der Waals surface area contributed by atoms with Crippen molar-refractivity contribution >= 4 is 11.6 Å². The van der Waals surface area contributed by atoms with Crippen LogP contribution in [0, 0.1) is 12.3 Å². The van der Waals surface area contributed by atoms with Gasteiger partial charge in [-0.2, -0.15) is 0 Å². The third-order valence-electron chi connectivity index (χ3n) is 1.65. The van der Waals surface area contributed by atoms with Gasteiger partial charge in [0, 0.05) is 18.1 Å². The molecule has 0 heterocycles. The van der Waals surface area contributed by atoms with E-state index in [1.54, 1.807) is 24.3 Å². The molecule has 1 aromatic carbocycles. The molecule has 64 valence electrons. The SMILES string of the molecule is C#Cc1ccccc1C(=O)C(C)=O. The highest BCUT2D eigenvalue weighted by Gasteiger charge is 2.13. The molecule has 2 nitrogen and oxygen atoms in total. The van der Waals surface area contributed by atoms with E-state index in [9.17, 15) is 9.59 Å². The van der Waals surface area contributed by atoms with Crippen molar-refractivity contribution < 1.29 is 9.59 Å². The fraction of sp³-hybridized carbons (Fsp3) is 0.0909. The van der Waals surface area contributed by atoms with E-state index in [1.165, 1.54) is 6.92 Å². The molecule has 0 N–H and O–H groups in total. The van der Waals surface area contributed by atoms with Crippen LogP contribution in [-0.4, -0.2) is 11.6 Å². The molecular weight excluding hydrogens is 164 g/mol. The topological polar surface area (TPSA) is 34.1 Å². The van der Waals surface area contributed by atoms with Crippen molar-refractivity contribution in [2.75, 3.05) is 0 Å². The lowest BCUT2D eigenvalue weighted by Crippen LogP contribution is -2.11. The minimum absolute atomic E-state index is 0.303. The summed E-state index contributed by atoms with van der Waals surface area (Å²) in [6.45, 7) is 1.23. The maximum Gasteiger partial charge on any atom is 0.229 e. The Balaban J connectivity index is 3.23. The average molecular weight is 172 g/mol. The van der Waals surface area contributed by atoms with Crippen LogP contribution in [0.4, 0.5) is 0 Å². The lowest BCUT2D eigenvalue weighted by atomic mass is 10.0. The van der Waals surface area contributed by atoms with Crippen LogP contribution >= 0.6 is 0 Å². The number of carbonyl (C=O) groups excluding carboxylic acids is 2. The minimum atomic E-state index is -0.534. The lowest BCUT2D eigenvalue weighted by Gasteiger charge is -1.99. The highest BCUT2D eigenvalue weighted by atomic mass is 16.2. The summed E-state index contributed by atoms with van der Waals surface area (Å²) in [4.78, 5) is 22.1. The van der Waals surface area contributed by atoms with Crippen molar-refractivity contribution in [3.05, 3.63) is 35.4 Å². The molecule has 1 aromatic rings. The molecule has 0 radical (unpaired) electrons. The molecule has 0 fully saturated rings. The van der Waals surface area contributed by atoms with Gasteiger partial charge in [-0.3, -0.25) is 9.59 Å². The summed E-state index contributed by atoms with van der Waals surface area (Å²) in [5.41, 5.74) is 0.764. The van der Waals surface area contributed by atoms with E-state index in [0.29, 0.717) is 11.1 Å². The molecule has 0 unspecified atom stereocenters. The first kappa shape index (κ1) is 9.21. The predicted molar refractivity (Wildman–Crippen MR) is 49.4 cm³/mol. The molecule has 0 aliphatic carbocycles. The number of carbonyl (C=O) groups is 2. The average Bonchev–Trinajstić information content (AvgIpc) is 2.16. The van der Waals surface area contributed by atoms with Crippen LogP contribution in [0.2, 0.25) is 0 Å². The normalized spacial score (nSPS) is 8.92. The quantitative estimate of drug-likeness (QED) is 0.384. The van der Waals surface area contributed by atoms with Crippen LogP contribution in [0.5, 0.6) is 0 Å². The Labute approximate surface area is 76.6 Å². The number of hydrogen-bond acceptors (Lipinski definition) is 2. The number of hydrogen-bond donors (Lipinski definition) is 0. The summed E-state index contributed by atoms with van der Waals surface area (Å²) in [7, 11) is 0. The number of benzene rings is 1. The molecular formula is C11H8O2. The van der Waals surface area contributed by atoms with Gasteiger partial charge in [0.1, 0.15) is 0 Å². The summed E-state index contributed by atoms with van der Waals surface area (Å²) in [5, 5.41) is 0. The van der Waals surface area contributed by atoms with Crippen molar-refractivity contribution in [3.8, 4) is 12.3 Å². The van der Waals surface area contributed by atoms with E-state index in [-0.39, 0.29) is 0 Å². The van der Waals surface area contributed by atoms with E-state index in [4.69, 9.17) is 6.42 Å². The summed E-state index contributed by atoms with van der Waals surface area (Å²) in [6, 6.07) is 6.60. The third kappa shape index (κ3) is 1.83. The summed E-state index contributed by atoms with van der Waals surface area (Å²) in [6.07, 6.45) is 5.18. The number of ketones is 2. The predicted octanol–water partition coefficient (Wildman–Crippen LogP) is 1.44. The van der Waals surface area contributed by atoms with Crippen LogP contribution in [0.3, 0.4) is 0 Å². The molecule has 0 amide bonds. The molecule has 0 aliphatic heterocycles. The van der Waals surface area contributed by atoms with E-state index < -0.39 is 11.6 Å². The Morgan fingerprint density at radius 2 is 1.92 bits per heavy atom. The van der Waals surface area contributed by atoms with Crippen LogP contribution in [0.15, 0.2) is 24.3 Å². The van der Waals surface area contributed by atoms with Crippen molar-refractivity contribution in [2.24, 2.45) is 0 Å². The Hall–Kier alpha value is -1.88. The molecule has 0 atom stereocenters. The van der Waals surface area contributed by atoms with Crippen molar-refractivity contribution in [2.45, 2.75) is 6.92 Å². The van der Waals surface area contributed by atoms with E-state index >= 15 is 0 Å². The van der Waals surface area contributed by atoms with Gasteiger partial charge in [0.25, 0.3) is 0 Å². The first-order chi connectivity index (χ1) is 6.16. The number of terminal acetylenes is 1. The van der Waals surface area contributed by atoms with Gasteiger partial charge in [-0.25, -0.2) is 0 Å². The maximum atomic E-state index is 11.3. The van der Waals surface area contributed by atoms with E-state index in [0.717, 1.165) is 0 Å². The van der Waals surface area contributed by atoms with Gasteiger partial charge in [-0.05, 0) is 12.1 Å². The van der Waals surface area contributed by atoms with E-state index in [1.807, 2.05) is 0 Å². The van der Waals surface area contributed by atoms with Gasteiger partial charge >= 0.3 is 0 Å². The van der Waals surface area contributed by atoms with Crippen molar-refractivity contribution in [1.29, 1.82) is 0 Å². The second kappa shape index (κ2) is 3.68. The van der Waals surface area contributed by atoms with Gasteiger partial charge < -0.3 is 0 Å². The molecule has 13 heavy (non-hydrogen) atoms. The van der Waals surface area contributed by atoms with E-state index in [2.05, 4.69) is 5.92 Å². The monoisotopic (exact) mass is 172 g/mol. The van der Waals surface area contributed by atoms with Crippen molar-refractivity contribution in [1.82, 2.24) is 0 Å². The maximum absolute atomic E-state index is 11.3. The number of Topliss-reactive ketones (excluding diaryl/α,β-unsaturated/α-hetero) is 2. The summed E-state index contributed by atoms with van der Waals surface area (Å²) in [5.74, 6) is 1.33. The van der Waals surface area contributed by atoms with Crippen LogP contribution in [0.1, 0.15) is 22.8 Å². The molecule has 0 aromatic heterocycles. The van der Waals surface area contributed by atoms with Crippen LogP contribution in [0.25, 0.3) is 0 Å². The lowest BCUT2D eigenvalue weighted by molar-refractivity contribution is -0.113. The number of rotatable bonds is 2. The van der Waals surface area contributed by atoms with Gasteiger partial charge in [0.15, 0.2) is 5.78 Å². The van der Waals surface area contributed by atoms with Crippen LogP contribution < -0.4 is 0 Å². The van der Waals surface area contributed by atoms with Gasteiger partial charge in [0.05, 0.1) is 0 Å². The fourth-order valence-corrected chi connectivity index (χ4v) is 0.997. The molecule has 2 heteroatoms. The standard InChI is InChI=1S/C11H8O2/c1-3-9-6-4-5-7-10(9)11(13)8(2)12/h1,4-7H,2H3. The first-order valence-corrected chi connectivity index (χ1v) is 3.77. The molecule has 0 spiro atoms. The Morgan fingerprint density at radius 3 is 2.46 bits per heavy atom. The smallest absolute Gasteiger partial charge is 0.229 e. The summed E-state index contributed by atoms with van der Waals surface area (Å²) >= 11 is 0. The minimum Gasteiger partial charge on any atom is -0.291 e. The largest absolute Gasteiger partial charge is 0.291 e. The molecule has 1 rings (SSSR count). The molecule has 0 aliphatic rings. The zero-order valence-corrected chi connectivity index (χ0v) is 7.20. The molecule has 0 saturated heterocycles. The Morgan fingerprint density at radius 1 is 1.31 bits per heavy atom. The second-order valence-corrected chi connectivity index (χ2v) is 2.58. The summed E-state index contributed by atoms with van der Waals surface area (Å²) < 4.78 is 0. The first-order valence-electron chi connectivity index (χ1n) is 3.77.